The van der Waals surface area contributed by atoms with Gasteiger partial charge in [0.1, 0.15) is 0 Å². The van der Waals surface area contributed by atoms with Gasteiger partial charge in [-0.05, 0) is 12.5 Å². The molecule has 1 rings (SSSR count). The van der Waals surface area contributed by atoms with Gasteiger partial charge in [0.2, 0.25) is 0 Å². The topological polar surface area (TPSA) is 34.1 Å². The van der Waals surface area contributed by atoms with Crippen LogP contribution in [0, 0.1) is 0 Å². The van der Waals surface area contributed by atoms with Crippen LogP contribution in [0.1, 0.15) is 6.92 Å². The molecule has 0 saturated carbocycles. The Labute approximate surface area is 59.4 Å². The van der Waals surface area contributed by atoms with E-state index in [2.05, 4.69) is 0 Å². The maximum absolute atomic E-state index is 10.7. The molecular weight excluding hydrogens is 160 g/mol. The van der Waals surface area contributed by atoms with Gasteiger partial charge in [-0.3, -0.25) is 0 Å². The molecule has 2 nitrogen and oxygen atoms in total. The molecule has 9 heavy (non-hydrogen) atoms. The minimum Gasteiger partial charge on any atom is -0.224 e. The molecule has 1 aliphatic rings. The third kappa shape index (κ3) is 1.46. The van der Waals surface area contributed by atoms with Gasteiger partial charge in [-0.2, -0.15) is 0 Å². The number of sulfone groups is 1. The van der Waals surface area contributed by atoms with Gasteiger partial charge in [0, 0.05) is 5.41 Å². The smallest absolute Gasteiger partial charge is 0.173 e. The Hall–Kier alpha value is -0.0200. The molecule has 1 aliphatic heterocycles. The summed E-state index contributed by atoms with van der Waals surface area (Å²) in [5.74, 6) is 0.0698. The lowest BCUT2D eigenvalue weighted by Gasteiger charge is -1.94. The summed E-state index contributed by atoms with van der Waals surface area (Å²) in [6.45, 7) is 1.72. The van der Waals surface area contributed by atoms with Gasteiger partial charge in [-0.25, -0.2) is 8.42 Å². The molecule has 0 aliphatic carbocycles. The van der Waals surface area contributed by atoms with Crippen molar-refractivity contribution in [3.05, 3.63) is 11.0 Å². The SMILES string of the molecule is CC1=CS(=O)(=O)C[C@@H]1Cl. The zero-order valence-corrected chi connectivity index (χ0v) is 6.54. The van der Waals surface area contributed by atoms with E-state index in [-0.39, 0.29) is 11.1 Å². The Morgan fingerprint density at radius 2 is 2.33 bits per heavy atom. The molecule has 0 unspecified atom stereocenters. The van der Waals surface area contributed by atoms with Gasteiger partial charge < -0.3 is 0 Å². The fourth-order valence-electron chi connectivity index (χ4n) is 0.741. The van der Waals surface area contributed by atoms with Crippen LogP contribution in [0.3, 0.4) is 0 Å². The average molecular weight is 167 g/mol. The second-order valence-electron chi connectivity index (χ2n) is 2.16. The fourth-order valence-corrected chi connectivity index (χ4v) is 2.90. The van der Waals surface area contributed by atoms with Gasteiger partial charge in [0.15, 0.2) is 9.84 Å². The average Bonchev–Trinajstić information content (AvgIpc) is 1.79. The Morgan fingerprint density at radius 3 is 2.44 bits per heavy atom. The highest BCUT2D eigenvalue weighted by Crippen LogP contribution is 2.20. The number of alkyl halides is 1. The number of rotatable bonds is 0. The summed E-state index contributed by atoms with van der Waals surface area (Å²) >= 11 is 5.60. The monoisotopic (exact) mass is 166 g/mol. The van der Waals surface area contributed by atoms with Gasteiger partial charge in [-0.1, -0.05) is 0 Å². The van der Waals surface area contributed by atoms with Gasteiger partial charge in [0.25, 0.3) is 0 Å². The third-order valence-electron chi connectivity index (χ3n) is 1.24. The van der Waals surface area contributed by atoms with Crippen molar-refractivity contribution in [2.24, 2.45) is 0 Å². The van der Waals surface area contributed by atoms with Crippen LogP contribution < -0.4 is 0 Å². The first-order valence-corrected chi connectivity index (χ1v) is 4.71. The Bertz CT molecular complexity index is 240. The first kappa shape index (κ1) is 7.09. The van der Waals surface area contributed by atoms with Gasteiger partial charge in [-0.15, -0.1) is 11.6 Å². The zero-order chi connectivity index (χ0) is 7.07. The second kappa shape index (κ2) is 1.99. The van der Waals surface area contributed by atoms with Crippen LogP contribution in [0.4, 0.5) is 0 Å². The van der Waals surface area contributed by atoms with Crippen LogP contribution in [0.2, 0.25) is 0 Å². The van der Waals surface area contributed by atoms with Crippen LogP contribution >= 0.6 is 11.6 Å². The Morgan fingerprint density at radius 1 is 1.78 bits per heavy atom. The van der Waals surface area contributed by atoms with Gasteiger partial charge >= 0.3 is 0 Å². The summed E-state index contributed by atoms with van der Waals surface area (Å²) in [6.07, 6.45) is 0. The van der Waals surface area contributed by atoms with Crippen LogP contribution in [-0.2, 0) is 9.84 Å². The van der Waals surface area contributed by atoms with Gasteiger partial charge in [0.05, 0.1) is 11.1 Å². The molecule has 0 aromatic heterocycles. The molecule has 52 valence electrons. The number of hydrogen-bond donors (Lipinski definition) is 0. The van der Waals surface area contributed by atoms with E-state index in [1.165, 1.54) is 5.41 Å². The number of halogens is 1. The molecule has 1 atom stereocenters. The van der Waals surface area contributed by atoms with E-state index in [1.807, 2.05) is 0 Å². The van der Waals surface area contributed by atoms with E-state index >= 15 is 0 Å². The molecule has 0 bridgehead atoms. The standard InChI is InChI=1S/C5H7ClO2S/c1-4-2-9(7,8)3-5(4)6/h2,5H,3H2,1H3/t5-/m0/s1. The normalized spacial score (nSPS) is 32.2. The van der Waals surface area contributed by atoms with E-state index in [1.54, 1.807) is 6.92 Å². The quantitative estimate of drug-likeness (QED) is 0.502. The minimum atomic E-state index is -2.94. The highest BCUT2D eigenvalue weighted by molar-refractivity contribution is 7.94. The highest BCUT2D eigenvalue weighted by Gasteiger charge is 2.24. The number of allylic oxidation sites excluding steroid dienone is 1. The van der Waals surface area contributed by atoms with Crippen molar-refractivity contribution >= 4 is 21.4 Å². The van der Waals surface area contributed by atoms with E-state index in [0.717, 1.165) is 5.57 Å². The van der Waals surface area contributed by atoms with Crippen LogP contribution in [0.25, 0.3) is 0 Å². The first-order valence-electron chi connectivity index (χ1n) is 2.56. The molecule has 0 spiro atoms. The molecule has 0 aromatic carbocycles. The minimum absolute atomic E-state index is 0.0698. The summed E-state index contributed by atoms with van der Waals surface area (Å²) in [5, 5.41) is 0.944. The molecule has 0 fully saturated rings. The van der Waals surface area contributed by atoms with Crippen molar-refractivity contribution in [2.75, 3.05) is 5.75 Å². The molecule has 0 radical (unpaired) electrons. The zero-order valence-electron chi connectivity index (χ0n) is 4.96. The van der Waals surface area contributed by atoms with Crippen molar-refractivity contribution in [1.29, 1.82) is 0 Å². The predicted octanol–water partition coefficient (Wildman–Crippen LogP) is 0.926. The lowest BCUT2D eigenvalue weighted by Crippen LogP contribution is -2.05. The van der Waals surface area contributed by atoms with Crippen molar-refractivity contribution in [3.8, 4) is 0 Å². The highest BCUT2D eigenvalue weighted by atomic mass is 35.5. The van der Waals surface area contributed by atoms with Crippen molar-refractivity contribution in [2.45, 2.75) is 12.3 Å². The Balaban J connectivity index is 3.01. The summed E-state index contributed by atoms with van der Waals surface area (Å²) in [7, 11) is -2.94. The fraction of sp³-hybridized carbons (Fsp3) is 0.600. The lowest BCUT2D eigenvalue weighted by molar-refractivity contribution is 0.606. The summed E-state index contributed by atoms with van der Waals surface area (Å²) in [6, 6.07) is 0. The van der Waals surface area contributed by atoms with Crippen LogP contribution in [-0.4, -0.2) is 19.5 Å². The van der Waals surface area contributed by atoms with Crippen LogP contribution in [0.15, 0.2) is 11.0 Å². The molecular formula is C5H7ClO2S. The molecule has 0 amide bonds. The van der Waals surface area contributed by atoms with E-state index < -0.39 is 9.84 Å². The molecule has 1 heterocycles. The van der Waals surface area contributed by atoms with Crippen molar-refractivity contribution in [1.82, 2.24) is 0 Å². The number of hydrogen-bond acceptors (Lipinski definition) is 2. The predicted molar refractivity (Wildman–Crippen MR) is 37.2 cm³/mol. The van der Waals surface area contributed by atoms with E-state index in [0.29, 0.717) is 0 Å². The largest absolute Gasteiger partial charge is 0.224 e. The Kier molecular flexibility index (Phi) is 1.57. The maximum atomic E-state index is 10.7. The molecule has 4 heteroatoms. The summed E-state index contributed by atoms with van der Waals surface area (Å²) in [4.78, 5) is 0. The molecule has 0 aromatic rings. The second-order valence-corrected chi connectivity index (χ2v) is 4.58. The molecule has 0 N–H and O–H groups in total. The van der Waals surface area contributed by atoms with Crippen LogP contribution in [0.5, 0.6) is 0 Å². The third-order valence-corrected chi connectivity index (χ3v) is 3.45. The summed E-state index contributed by atoms with van der Waals surface area (Å²) in [5.41, 5.74) is 0.747. The van der Waals surface area contributed by atoms with E-state index in [9.17, 15) is 8.42 Å². The van der Waals surface area contributed by atoms with Crippen molar-refractivity contribution < 1.29 is 8.42 Å². The van der Waals surface area contributed by atoms with Crippen molar-refractivity contribution in [3.63, 3.8) is 0 Å². The maximum Gasteiger partial charge on any atom is 0.173 e. The first-order chi connectivity index (χ1) is 4.01. The van der Waals surface area contributed by atoms with E-state index in [4.69, 9.17) is 11.6 Å². The molecule has 0 saturated heterocycles. The lowest BCUT2D eigenvalue weighted by atomic mass is 10.3. The summed E-state index contributed by atoms with van der Waals surface area (Å²) < 4.78 is 21.4.